The first kappa shape index (κ1) is 24.8. The van der Waals surface area contributed by atoms with E-state index in [0.717, 1.165) is 42.1 Å². The van der Waals surface area contributed by atoms with Crippen molar-refractivity contribution >= 4 is 41.5 Å². The lowest BCUT2D eigenvalue weighted by molar-refractivity contribution is -0.117. The minimum Gasteiger partial charge on any atom is -0.439 e. The smallest absolute Gasteiger partial charge is 0.227 e. The summed E-state index contributed by atoms with van der Waals surface area (Å²) in [5.41, 5.74) is 4.25. The van der Waals surface area contributed by atoms with Gasteiger partial charge in [-0.15, -0.1) is 24.0 Å². The molecule has 0 aliphatic carbocycles. The van der Waals surface area contributed by atoms with Crippen molar-refractivity contribution in [2.45, 2.75) is 39.8 Å². The molecule has 174 valence electrons. The van der Waals surface area contributed by atoms with Gasteiger partial charge in [0.15, 0.2) is 11.7 Å². The number of aromatic nitrogens is 1. The van der Waals surface area contributed by atoms with E-state index in [9.17, 15) is 4.79 Å². The van der Waals surface area contributed by atoms with Crippen LogP contribution in [0.3, 0.4) is 0 Å². The molecule has 0 saturated carbocycles. The van der Waals surface area contributed by atoms with Gasteiger partial charge in [0, 0.05) is 30.8 Å². The molecular formula is C25H30IN5O2. The number of amides is 1. The van der Waals surface area contributed by atoms with Crippen molar-refractivity contribution in [1.82, 2.24) is 15.6 Å². The minimum absolute atomic E-state index is 0. The number of nitrogens with one attached hydrogen (secondary N) is 2. The molecule has 2 aromatic carbocycles. The summed E-state index contributed by atoms with van der Waals surface area (Å²) in [7, 11) is 0. The molecule has 1 amide bonds. The van der Waals surface area contributed by atoms with E-state index in [0.29, 0.717) is 31.4 Å². The fraction of sp³-hybridized carbons (Fsp3) is 0.320. The van der Waals surface area contributed by atoms with Crippen LogP contribution in [0, 0.1) is 6.92 Å². The number of oxazole rings is 1. The molecule has 8 heteroatoms. The van der Waals surface area contributed by atoms with Crippen LogP contribution in [0.2, 0.25) is 0 Å². The van der Waals surface area contributed by atoms with Gasteiger partial charge >= 0.3 is 0 Å². The molecule has 0 radical (unpaired) electrons. The van der Waals surface area contributed by atoms with Crippen LogP contribution >= 0.6 is 24.0 Å². The maximum atomic E-state index is 11.9. The largest absolute Gasteiger partial charge is 0.439 e. The average molecular weight is 559 g/mol. The highest BCUT2D eigenvalue weighted by Crippen LogP contribution is 2.22. The molecule has 1 saturated heterocycles. The first-order valence-electron chi connectivity index (χ1n) is 11.1. The number of benzene rings is 2. The summed E-state index contributed by atoms with van der Waals surface area (Å²) in [5.74, 6) is 2.25. The zero-order valence-corrected chi connectivity index (χ0v) is 21.3. The third-order valence-electron chi connectivity index (χ3n) is 5.38. The lowest BCUT2D eigenvalue weighted by Crippen LogP contribution is -2.36. The Morgan fingerprint density at radius 1 is 1.12 bits per heavy atom. The van der Waals surface area contributed by atoms with Crippen LogP contribution in [0.4, 0.5) is 5.69 Å². The van der Waals surface area contributed by atoms with E-state index in [1.165, 1.54) is 5.56 Å². The molecule has 1 aromatic heterocycles. The normalized spacial score (nSPS) is 13.7. The topological polar surface area (TPSA) is 82.8 Å². The third kappa shape index (κ3) is 6.56. The molecule has 0 atom stereocenters. The Hall–Kier alpha value is -2.88. The monoisotopic (exact) mass is 559 g/mol. The van der Waals surface area contributed by atoms with Crippen LogP contribution < -0.4 is 15.5 Å². The van der Waals surface area contributed by atoms with Crippen LogP contribution in [0.15, 0.2) is 64.1 Å². The van der Waals surface area contributed by atoms with Gasteiger partial charge in [-0.1, -0.05) is 42.0 Å². The Bertz CT molecular complexity index is 1080. The Kier molecular flexibility index (Phi) is 8.87. The van der Waals surface area contributed by atoms with Gasteiger partial charge in [-0.05, 0) is 38.0 Å². The number of hydrogen-bond donors (Lipinski definition) is 2. The SMILES string of the molecule is CCNC(=NCc1ccc(N2CCCC2=O)cc1)NCc1ncc(-c2ccc(C)cc2)o1.I. The van der Waals surface area contributed by atoms with E-state index in [2.05, 4.69) is 39.7 Å². The van der Waals surface area contributed by atoms with Crippen LogP contribution in [0.1, 0.15) is 36.8 Å². The summed E-state index contributed by atoms with van der Waals surface area (Å²) in [6.45, 7) is 6.61. The Balaban J connectivity index is 0.00000306. The average Bonchev–Trinajstić information content (AvgIpc) is 3.46. The van der Waals surface area contributed by atoms with Crippen LogP contribution in [-0.4, -0.2) is 29.9 Å². The summed E-state index contributed by atoms with van der Waals surface area (Å²) >= 11 is 0. The number of guanidine groups is 1. The Morgan fingerprint density at radius 3 is 2.55 bits per heavy atom. The van der Waals surface area contributed by atoms with Gasteiger partial charge in [0.25, 0.3) is 0 Å². The molecule has 7 nitrogen and oxygen atoms in total. The number of anilines is 1. The second-order valence-electron chi connectivity index (χ2n) is 7.85. The number of nitrogens with zero attached hydrogens (tertiary/aromatic N) is 3. The molecule has 0 bridgehead atoms. The molecule has 1 aliphatic rings. The number of aryl methyl sites for hydroxylation is 1. The first-order valence-corrected chi connectivity index (χ1v) is 11.1. The van der Waals surface area contributed by atoms with Crippen molar-refractivity contribution in [3.8, 4) is 11.3 Å². The molecule has 4 rings (SSSR count). The van der Waals surface area contributed by atoms with Crippen molar-refractivity contribution < 1.29 is 9.21 Å². The number of rotatable bonds is 7. The second-order valence-corrected chi connectivity index (χ2v) is 7.85. The van der Waals surface area contributed by atoms with Crippen LogP contribution in [-0.2, 0) is 17.9 Å². The second kappa shape index (κ2) is 11.8. The zero-order valence-electron chi connectivity index (χ0n) is 19.0. The number of halogens is 1. The number of carbonyl (C=O) groups is 1. The number of hydrogen-bond acceptors (Lipinski definition) is 4. The predicted octanol–water partition coefficient (Wildman–Crippen LogP) is 4.65. The third-order valence-corrected chi connectivity index (χ3v) is 5.38. The summed E-state index contributed by atoms with van der Waals surface area (Å²) in [5, 5.41) is 6.52. The summed E-state index contributed by atoms with van der Waals surface area (Å²) < 4.78 is 5.88. The Morgan fingerprint density at radius 2 is 1.88 bits per heavy atom. The maximum absolute atomic E-state index is 11.9. The van der Waals surface area contributed by atoms with Gasteiger partial charge in [0.1, 0.15) is 0 Å². The first-order chi connectivity index (χ1) is 15.6. The molecule has 1 aliphatic heterocycles. The van der Waals surface area contributed by atoms with Crippen LogP contribution in [0.25, 0.3) is 11.3 Å². The van der Waals surface area contributed by atoms with Crippen LogP contribution in [0.5, 0.6) is 0 Å². The molecule has 1 fully saturated rings. The van der Waals surface area contributed by atoms with E-state index < -0.39 is 0 Å². The van der Waals surface area contributed by atoms with E-state index in [1.54, 1.807) is 6.20 Å². The fourth-order valence-corrected chi connectivity index (χ4v) is 3.62. The summed E-state index contributed by atoms with van der Waals surface area (Å²) in [6.07, 6.45) is 3.32. The van der Waals surface area contributed by atoms with Crippen molar-refractivity contribution in [3.05, 3.63) is 71.7 Å². The molecule has 2 heterocycles. The molecular weight excluding hydrogens is 529 g/mol. The number of aliphatic imine (C=N–C) groups is 1. The minimum atomic E-state index is 0. The maximum Gasteiger partial charge on any atom is 0.227 e. The van der Waals surface area contributed by atoms with E-state index in [1.807, 2.05) is 48.2 Å². The van der Waals surface area contributed by atoms with Crippen molar-refractivity contribution in [3.63, 3.8) is 0 Å². The lowest BCUT2D eigenvalue weighted by Gasteiger charge is -2.15. The zero-order chi connectivity index (χ0) is 22.3. The molecule has 33 heavy (non-hydrogen) atoms. The standard InChI is InChI=1S/C25H29N5O2.HI/c1-3-26-25(28-15-19-8-12-21(13-9-19)30-14-4-5-24(30)31)29-17-23-27-16-22(32-23)20-10-6-18(2)7-11-20;/h6-13,16H,3-5,14-15,17H2,1-2H3,(H2,26,28,29);1H. The lowest BCUT2D eigenvalue weighted by atomic mass is 10.1. The van der Waals surface area contributed by atoms with Gasteiger partial charge in [0.05, 0.1) is 19.3 Å². The predicted molar refractivity (Wildman–Crippen MR) is 142 cm³/mol. The van der Waals surface area contributed by atoms with Gasteiger partial charge in [-0.25, -0.2) is 9.98 Å². The molecule has 3 aromatic rings. The van der Waals surface area contributed by atoms with Gasteiger partial charge in [0.2, 0.25) is 11.8 Å². The van der Waals surface area contributed by atoms with Gasteiger partial charge in [-0.2, -0.15) is 0 Å². The van der Waals surface area contributed by atoms with Crippen molar-refractivity contribution in [2.75, 3.05) is 18.0 Å². The molecule has 2 N–H and O–H groups in total. The highest BCUT2D eigenvalue weighted by atomic mass is 127. The highest BCUT2D eigenvalue weighted by molar-refractivity contribution is 14.0. The van der Waals surface area contributed by atoms with E-state index in [4.69, 9.17) is 4.42 Å². The molecule has 0 unspecified atom stereocenters. The molecule has 0 spiro atoms. The Labute approximate surface area is 211 Å². The highest BCUT2D eigenvalue weighted by Gasteiger charge is 2.21. The fourth-order valence-electron chi connectivity index (χ4n) is 3.62. The van der Waals surface area contributed by atoms with Crippen molar-refractivity contribution in [2.24, 2.45) is 4.99 Å². The van der Waals surface area contributed by atoms with Gasteiger partial charge in [-0.3, -0.25) is 4.79 Å². The number of carbonyl (C=O) groups excluding carboxylic acids is 1. The quantitative estimate of drug-likeness (QED) is 0.250. The summed E-state index contributed by atoms with van der Waals surface area (Å²) in [4.78, 5) is 22.8. The van der Waals surface area contributed by atoms with Crippen molar-refractivity contribution in [1.29, 1.82) is 0 Å². The van der Waals surface area contributed by atoms with E-state index in [-0.39, 0.29) is 29.9 Å². The summed E-state index contributed by atoms with van der Waals surface area (Å²) in [6, 6.07) is 16.2. The van der Waals surface area contributed by atoms with E-state index >= 15 is 0 Å². The van der Waals surface area contributed by atoms with Gasteiger partial charge < -0.3 is 20.0 Å².